The Kier molecular flexibility index (Phi) is 8.99. The molecule has 0 atom stereocenters. The minimum Gasteiger partial charge on any atom is -0.497 e. The van der Waals surface area contributed by atoms with Gasteiger partial charge in [-0.05, 0) is 58.7 Å². The Morgan fingerprint density at radius 3 is 2.30 bits per heavy atom. The number of ether oxygens (including phenoxy) is 2. The van der Waals surface area contributed by atoms with Crippen LogP contribution in [0.4, 0.5) is 0 Å². The molecule has 1 N–H and O–H groups in total. The first-order chi connectivity index (χ1) is 10.6. The molecule has 0 radical (unpaired) electrons. The standard InChI is InChI=1S/C17H19Br2NO2.ClH/c1-21-15-5-3-12(4-6-15)7-8-20-11-13-9-14(18)10-16(19)17(13)22-2;/h3-6,9-10,20H,7-8,11H2,1-2H3;1H. The van der Waals surface area contributed by atoms with Gasteiger partial charge in [0.2, 0.25) is 0 Å². The Balaban J connectivity index is 0.00000264. The van der Waals surface area contributed by atoms with E-state index in [0.717, 1.165) is 45.5 Å². The van der Waals surface area contributed by atoms with E-state index < -0.39 is 0 Å². The zero-order valence-electron chi connectivity index (χ0n) is 13.1. The third kappa shape index (κ3) is 5.99. The van der Waals surface area contributed by atoms with Crippen molar-refractivity contribution < 1.29 is 9.47 Å². The normalized spacial score (nSPS) is 10.1. The first-order valence-corrected chi connectivity index (χ1v) is 8.58. The van der Waals surface area contributed by atoms with E-state index in [4.69, 9.17) is 9.47 Å². The van der Waals surface area contributed by atoms with Gasteiger partial charge >= 0.3 is 0 Å². The van der Waals surface area contributed by atoms with Crippen LogP contribution in [-0.4, -0.2) is 20.8 Å². The Morgan fingerprint density at radius 1 is 1.00 bits per heavy atom. The fraction of sp³-hybridized carbons (Fsp3) is 0.294. The van der Waals surface area contributed by atoms with Crippen LogP contribution in [0.3, 0.4) is 0 Å². The Labute approximate surface area is 160 Å². The van der Waals surface area contributed by atoms with Crippen molar-refractivity contribution in [2.45, 2.75) is 13.0 Å². The molecule has 2 aromatic carbocycles. The van der Waals surface area contributed by atoms with Crippen molar-refractivity contribution in [2.75, 3.05) is 20.8 Å². The molecule has 0 aliphatic carbocycles. The summed E-state index contributed by atoms with van der Waals surface area (Å²) in [5.41, 5.74) is 2.41. The second kappa shape index (κ2) is 10.2. The molecule has 0 saturated heterocycles. The lowest BCUT2D eigenvalue weighted by molar-refractivity contribution is 0.405. The molecule has 3 nitrogen and oxygen atoms in total. The van der Waals surface area contributed by atoms with Gasteiger partial charge in [0.05, 0.1) is 18.7 Å². The summed E-state index contributed by atoms with van der Waals surface area (Å²) >= 11 is 7.03. The third-order valence-electron chi connectivity index (χ3n) is 3.35. The van der Waals surface area contributed by atoms with E-state index in [1.807, 2.05) is 18.2 Å². The summed E-state index contributed by atoms with van der Waals surface area (Å²) in [5.74, 6) is 1.76. The number of methoxy groups -OCH3 is 2. The molecule has 0 saturated carbocycles. The van der Waals surface area contributed by atoms with Crippen molar-refractivity contribution in [1.82, 2.24) is 5.32 Å². The van der Waals surface area contributed by atoms with Gasteiger partial charge in [-0.15, -0.1) is 12.4 Å². The predicted molar refractivity (Wildman–Crippen MR) is 104 cm³/mol. The molecular formula is C17H20Br2ClNO2. The fourth-order valence-corrected chi connectivity index (χ4v) is 3.70. The van der Waals surface area contributed by atoms with E-state index in [1.165, 1.54) is 5.56 Å². The summed E-state index contributed by atoms with van der Waals surface area (Å²) < 4.78 is 12.6. The Bertz CT molecular complexity index is 621. The first-order valence-electron chi connectivity index (χ1n) is 6.99. The Morgan fingerprint density at radius 2 is 1.70 bits per heavy atom. The Hall–Kier alpha value is -0.750. The van der Waals surface area contributed by atoms with Crippen LogP contribution < -0.4 is 14.8 Å². The van der Waals surface area contributed by atoms with Crippen molar-refractivity contribution in [3.05, 3.63) is 56.5 Å². The highest BCUT2D eigenvalue weighted by atomic mass is 79.9. The summed E-state index contributed by atoms with van der Waals surface area (Å²) in [6.45, 7) is 1.66. The van der Waals surface area contributed by atoms with Crippen LogP contribution in [0, 0.1) is 0 Å². The van der Waals surface area contributed by atoms with E-state index in [9.17, 15) is 0 Å². The molecule has 0 heterocycles. The van der Waals surface area contributed by atoms with Crippen molar-refractivity contribution in [2.24, 2.45) is 0 Å². The SMILES string of the molecule is COc1ccc(CCNCc2cc(Br)cc(Br)c2OC)cc1.Cl. The van der Waals surface area contributed by atoms with E-state index in [1.54, 1.807) is 14.2 Å². The van der Waals surface area contributed by atoms with Crippen LogP contribution in [-0.2, 0) is 13.0 Å². The van der Waals surface area contributed by atoms with E-state index >= 15 is 0 Å². The smallest absolute Gasteiger partial charge is 0.137 e. The lowest BCUT2D eigenvalue weighted by atomic mass is 10.1. The molecule has 0 amide bonds. The lowest BCUT2D eigenvalue weighted by Gasteiger charge is -2.12. The highest BCUT2D eigenvalue weighted by Crippen LogP contribution is 2.32. The summed E-state index contributed by atoms with van der Waals surface area (Å²) in [7, 11) is 3.37. The number of nitrogens with one attached hydrogen (secondary N) is 1. The number of hydrogen-bond donors (Lipinski definition) is 1. The van der Waals surface area contributed by atoms with Crippen molar-refractivity contribution in [3.8, 4) is 11.5 Å². The molecule has 23 heavy (non-hydrogen) atoms. The van der Waals surface area contributed by atoms with E-state index in [0.29, 0.717) is 0 Å². The summed E-state index contributed by atoms with van der Waals surface area (Å²) in [6.07, 6.45) is 0.974. The molecule has 0 spiro atoms. The molecular weight excluding hydrogens is 445 g/mol. The summed E-state index contributed by atoms with van der Waals surface area (Å²) in [4.78, 5) is 0. The second-order valence-corrected chi connectivity index (χ2v) is 6.62. The van der Waals surface area contributed by atoms with Crippen LogP contribution in [0.15, 0.2) is 45.3 Å². The fourth-order valence-electron chi connectivity index (χ4n) is 2.22. The summed E-state index contributed by atoms with van der Waals surface area (Å²) in [5, 5.41) is 3.46. The zero-order chi connectivity index (χ0) is 15.9. The minimum absolute atomic E-state index is 0. The first kappa shape index (κ1) is 20.3. The van der Waals surface area contributed by atoms with Crippen LogP contribution in [0.25, 0.3) is 0 Å². The van der Waals surface area contributed by atoms with Gasteiger partial charge in [0.15, 0.2) is 0 Å². The number of rotatable bonds is 7. The molecule has 0 fully saturated rings. The maximum atomic E-state index is 5.45. The molecule has 0 aliphatic heterocycles. The number of halogens is 3. The van der Waals surface area contributed by atoms with Crippen molar-refractivity contribution >= 4 is 44.3 Å². The van der Waals surface area contributed by atoms with Crippen LogP contribution in [0.1, 0.15) is 11.1 Å². The molecule has 0 aromatic heterocycles. The zero-order valence-corrected chi connectivity index (χ0v) is 17.1. The molecule has 0 aliphatic rings. The van der Waals surface area contributed by atoms with Crippen molar-refractivity contribution in [1.29, 1.82) is 0 Å². The van der Waals surface area contributed by atoms with Gasteiger partial charge in [-0.3, -0.25) is 0 Å². The van der Waals surface area contributed by atoms with E-state index in [2.05, 4.69) is 55.4 Å². The lowest BCUT2D eigenvalue weighted by Crippen LogP contribution is -2.17. The van der Waals surface area contributed by atoms with Crippen molar-refractivity contribution in [3.63, 3.8) is 0 Å². The van der Waals surface area contributed by atoms with Gasteiger partial charge in [-0.25, -0.2) is 0 Å². The van der Waals surface area contributed by atoms with Gasteiger partial charge in [0, 0.05) is 16.6 Å². The number of benzene rings is 2. The molecule has 2 aromatic rings. The molecule has 2 rings (SSSR count). The number of hydrogen-bond acceptors (Lipinski definition) is 3. The van der Waals surface area contributed by atoms with Gasteiger partial charge in [-0.2, -0.15) is 0 Å². The monoisotopic (exact) mass is 463 g/mol. The molecule has 6 heteroatoms. The highest BCUT2D eigenvalue weighted by molar-refractivity contribution is 9.11. The minimum atomic E-state index is 0. The largest absolute Gasteiger partial charge is 0.497 e. The topological polar surface area (TPSA) is 30.5 Å². The molecule has 0 bridgehead atoms. The average molecular weight is 466 g/mol. The van der Waals surface area contributed by atoms with Gasteiger partial charge < -0.3 is 14.8 Å². The molecule has 126 valence electrons. The van der Waals surface area contributed by atoms with Gasteiger partial charge in [-0.1, -0.05) is 28.1 Å². The summed E-state index contributed by atoms with van der Waals surface area (Å²) in [6, 6.07) is 12.2. The van der Waals surface area contributed by atoms with Gasteiger partial charge in [0.1, 0.15) is 11.5 Å². The molecule has 0 unspecified atom stereocenters. The average Bonchev–Trinajstić information content (AvgIpc) is 2.52. The highest BCUT2D eigenvalue weighted by Gasteiger charge is 2.08. The second-order valence-electron chi connectivity index (χ2n) is 4.85. The maximum Gasteiger partial charge on any atom is 0.137 e. The van der Waals surface area contributed by atoms with Gasteiger partial charge in [0.25, 0.3) is 0 Å². The third-order valence-corrected chi connectivity index (χ3v) is 4.40. The van der Waals surface area contributed by atoms with Crippen LogP contribution in [0.2, 0.25) is 0 Å². The maximum absolute atomic E-state index is 5.45. The van der Waals surface area contributed by atoms with Crippen LogP contribution >= 0.6 is 44.3 Å². The predicted octanol–water partition coefficient (Wildman–Crippen LogP) is 4.98. The van der Waals surface area contributed by atoms with Crippen LogP contribution in [0.5, 0.6) is 11.5 Å². The quantitative estimate of drug-likeness (QED) is 0.585. The van der Waals surface area contributed by atoms with E-state index in [-0.39, 0.29) is 12.4 Å².